The van der Waals surface area contributed by atoms with Gasteiger partial charge >= 0.3 is 0 Å². The third kappa shape index (κ3) is 1.06. The minimum Gasteiger partial charge on any atom is -0.364 e. The highest BCUT2D eigenvalue weighted by Gasteiger charge is 2.28. The highest BCUT2D eigenvalue weighted by molar-refractivity contribution is 5.31. The fourth-order valence-corrected chi connectivity index (χ4v) is 1.72. The van der Waals surface area contributed by atoms with E-state index in [1.165, 1.54) is 0 Å². The first-order chi connectivity index (χ1) is 6.95. The third-order valence-corrected chi connectivity index (χ3v) is 2.43. The van der Waals surface area contributed by atoms with Crippen molar-refractivity contribution in [3.63, 3.8) is 0 Å². The van der Waals surface area contributed by atoms with Crippen LogP contribution in [0.5, 0.6) is 0 Å². The smallest absolute Gasteiger partial charge is 0.129 e. The maximum atomic E-state index is 5.63. The Bertz CT molecular complexity index is 436. The molecule has 2 heterocycles. The summed E-state index contributed by atoms with van der Waals surface area (Å²) in [4.78, 5) is 0. The zero-order chi connectivity index (χ0) is 9.38. The van der Waals surface area contributed by atoms with Crippen LogP contribution < -0.4 is 0 Å². The predicted molar refractivity (Wildman–Crippen MR) is 49.6 cm³/mol. The Hall–Kier alpha value is -1.61. The molecule has 1 aliphatic heterocycles. The molecule has 14 heavy (non-hydrogen) atoms. The van der Waals surface area contributed by atoms with Crippen molar-refractivity contribution in [1.29, 1.82) is 0 Å². The molecule has 0 N–H and O–H groups in total. The molecule has 3 rings (SSSR count). The van der Waals surface area contributed by atoms with Gasteiger partial charge in [0.05, 0.1) is 6.61 Å². The van der Waals surface area contributed by atoms with Crippen molar-refractivity contribution in [3.05, 3.63) is 53.4 Å². The standard InChI is InChI=1S/C11H9NO2/c1-2-4-8(5-3-1)11-10-9(6-13-11)7-14-12-10/h1-5,7,11H,6H2. The van der Waals surface area contributed by atoms with Gasteiger partial charge in [0.2, 0.25) is 0 Å². The Balaban J connectivity index is 2.03. The van der Waals surface area contributed by atoms with Crippen molar-refractivity contribution >= 4 is 0 Å². The van der Waals surface area contributed by atoms with Gasteiger partial charge in [0.25, 0.3) is 0 Å². The third-order valence-electron chi connectivity index (χ3n) is 2.43. The fraction of sp³-hybridized carbons (Fsp3) is 0.182. The Morgan fingerprint density at radius 3 is 2.93 bits per heavy atom. The number of nitrogens with zero attached hydrogens (tertiary/aromatic N) is 1. The first kappa shape index (κ1) is 7.76. The number of aromatic nitrogens is 1. The van der Waals surface area contributed by atoms with E-state index in [1.54, 1.807) is 6.26 Å². The van der Waals surface area contributed by atoms with Crippen molar-refractivity contribution in [1.82, 2.24) is 5.16 Å². The van der Waals surface area contributed by atoms with E-state index in [2.05, 4.69) is 5.16 Å². The summed E-state index contributed by atoms with van der Waals surface area (Å²) >= 11 is 0. The predicted octanol–water partition coefficient (Wildman–Crippen LogP) is 2.29. The molecule has 1 aromatic carbocycles. The summed E-state index contributed by atoms with van der Waals surface area (Å²) in [6.07, 6.45) is 1.60. The van der Waals surface area contributed by atoms with Crippen molar-refractivity contribution in [2.24, 2.45) is 0 Å². The maximum absolute atomic E-state index is 5.63. The van der Waals surface area contributed by atoms with E-state index in [1.807, 2.05) is 30.3 Å². The first-order valence-corrected chi connectivity index (χ1v) is 4.55. The minimum atomic E-state index is -0.0510. The summed E-state index contributed by atoms with van der Waals surface area (Å²) in [5.74, 6) is 0. The molecule has 0 bridgehead atoms. The molecule has 0 aliphatic carbocycles. The molecule has 1 unspecified atom stereocenters. The number of benzene rings is 1. The Kier molecular flexibility index (Phi) is 1.64. The summed E-state index contributed by atoms with van der Waals surface area (Å²) in [7, 11) is 0. The van der Waals surface area contributed by atoms with Crippen LogP contribution >= 0.6 is 0 Å². The van der Waals surface area contributed by atoms with E-state index in [0.717, 1.165) is 16.8 Å². The second-order valence-electron chi connectivity index (χ2n) is 3.33. The molecule has 70 valence electrons. The largest absolute Gasteiger partial charge is 0.364 e. The number of rotatable bonds is 1. The van der Waals surface area contributed by atoms with Crippen LogP contribution in [0.4, 0.5) is 0 Å². The summed E-state index contributed by atoms with van der Waals surface area (Å²) in [6.45, 7) is 0.596. The monoisotopic (exact) mass is 187 g/mol. The van der Waals surface area contributed by atoms with Gasteiger partial charge in [-0.15, -0.1) is 0 Å². The second-order valence-corrected chi connectivity index (χ2v) is 3.33. The topological polar surface area (TPSA) is 35.3 Å². The van der Waals surface area contributed by atoms with Gasteiger partial charge < -0.3 is 9.26 Å². The number of fused-ring (bicyclic) bond motifs is 1. The maximum Gasteiger partial charge on any atom is 0.129 e. The van der Waals surface area contributed by atoms with Crippen LogP contribution in [0.1, 0.15) is 22.9 Å². The molecule has 1 aromatic heterocycles. The molecular formula is C11H9NO2. The van der Waals surface area contributed by atoms with Crippen LogP contribution in [0.25, 0.3) is 0 Å². The normalized spacial score (nSPS) is 19.6. The number of hydrogen-bond donors (Lipinski definition) is 0. The molecular weight excluding hydrogens is 178 g/mol. The van der Waals surface area contributed by atoms with Crippen molar-refractivity contribution < 1.29 is 9.26 Å². The zero-order valence-electron chi connectivity index (χ0n) is 7.51. The SMILES string of the molecule is c1ccc(C2OCc3conc32)cc1. The van der Waals surface area contributed by atoms with Crippen LogP contribution in [0.3, 0.4) is 0 Å². The van der Waals surface area contributed by atoms with Crippen LogP contribution in [-0.4, -0.2) is 5.16 Å². The van der Waals surface area contributed by atoms with Crippen LogP contribution in [0.2, 0.25) is 0 Å². The molecule has 3 nitrogen and oxygen atoms in total. The summed E-state index contributed by atoms with van der Waals surface area (Å²) in [6, 6.07) is 10.1. The van der Waals surface area contributed by atoms with Crippen LogP contribution in [-0.2, 0) is 11.3 Å². The van der Waals surface area contributed by atoms with Gasteiger partial charge in [0.15, 0.2) is 0 Å². The fourth-order valence-electron chi connectivity index (χ4n) is 1.72. The lowest BCUT2D eigenvalue weighted by atomic mass is 10.1. The molecule has 0 radical (unpaired) electrons. The van der Waals surface area contributed by atoms with Gasteiger partial charge in [-0.2, -0.15) is 0 Å². The van der Waals surface area contributed by atoms with E-state index < -0.39 is 0 Å². The molecule has 3 heteroatoms. The molecule has 0 saturated heterocycles. The number of ether oxygens (including phenoxy) is 1. The lowest BCUT2D eigenvalue weighted by Crippen LogP contribution is -1.98. The van der Waals surface area contributed by atoms with Gasteiger partial charge in [0, 0.05) is 5.56 Å². The van der Waals surface area contributed by atoms with Crippen LogP contribution in [0, 0.1) is 0 Å². The van der Waals surface area contributed by atoms with Gasteiger partial charge in [-0.25, -0.2) is 0 Å². The minimum absolute atomic E-state index is 0.0510. The Labute approximate surface area is 81.3 Å². The lowest BCUT2D eigenvalue weighted by molar-refractivity contribution is 0.0863. The molecule has 0 saturated carbocycles. The molecule has 1 aliphatic rings. The molecule has 0 spiro atoms. The van der Waals surface area contributed by atoms with Gasteiger partial charge in [-0.3, -0.25) is 0 Å². The summed E-state index contributed by atoms with van der Waals surface area (Å²) in [5, 5.41) is 3.95. The Morgan fingerprint density at radius 2 is 2.07 bits per heavy atom. The molecule has 2 aromatic rings. The molecule has 0 fully saturated rings. The average Bonchev–Trinajstić information content (AvgIpc) is 2.79. The van der Waals surface area contributed by atoms with Crippen LogP contribution in [0.15, 0.2) is 41.1 Å². The summed E-state index contributed by atoms with van der Waals surface area (Å²) < 4.78 is 10.5. The summed E-state index contributed by atoms with van der Waals surface area (Å²) in [5.41, 5.74) is 3.09. The Morgan fingerprint density at radius 1 is 1.21 bits per heavy atom. The van der Waals surface area contributed by atoms with E-state index in [4.69, 9.17) is 9.26 Å². The first-order valence-electron chi connectivity index (χ1n) is 4.55. The van der Waals surface area contributed by atoms with E-state index in [0.29, 0.717) is 6.61 Å². The van der Waals surface area contributed by atoms with Crippen molar-refractivity contribution in [2.75, 3.05) is 0 Å². The quantitative estimate of drug-likeness (QED) is 0.687. The zero-order valence-corrected chi connectivity index (χ0v) is 7.51. The van der Waals surface area contributed by atoms with Gasteiger partial charge in [0.1, 0.15) is 18.1 Å². The molecule has 1 atom stereocenters. The van der Waals surface area contributed by atoms with E-state index >= 15 is 0 Å². The van der Waals surface area contributed by atoms with Crippen molar-refractivity contribution in [2.45, 2.75) is 12.7 Å². The average molecular weight is 187 g/mol. The van der Waals surface area contributed by atoms with Gasteiger partial charge in [-0.1, -0.05) is 35.5 Å². The van der Waals surface area contributed by atoms with E-state index in [-0.39, 0.29) is 6.10 Å². The van der Waals surface area contributed by atoms with E-state index in [9.17, 15) is 0 Å². The lowest BCUT2D eigenvalue weighted by Gasteiger charge is -2.08. The van der Waals surface area contributed by atoms with Gasteiger partial charge in [-0.05, 0) is 5.56 Å². The highest BCUT2D eigenvalue weighted by atomic mass is 16.5. The van der Waals surface area contributed by atoms with Crippen molar-refractivity contribution in [3.8, 4) is 0 Å². The molecule has 0 amide bonds. The highest BCUT2D eigenvalue weighted by Crippen LogP contribution is 2.34. The second kappa shape index (κ2) is 2.96. The number of hydrogen-bond acceptors (Lipinski definition) is 3.